The Bertz CT molecular complexity index is 518. The van der Waals surface area contributed by atoms with E-state index in [2.05, 4.69) is 31.2 Å². The molecule has 2 aromatic rings. The minimum Gasteiger partial charge on any atom is -0.493 e. The lowest BCUT2D eigenvalue weighted by Crippen LogP contribution is -2.00. The Morgan fingerprint density at radius 2 is 1.89 bits per heavy atom. The Morgan fingerprint density at radius 1 is 1.06 bits per heavy atom. The van der Waals surface area contributed by atoms with E-state index in [1.165, 1.54) is 17.5 Å². The van der Waals surface area contributed by atoms with Gasteiger partial charge in [-0.2, -0.15) is 0 Å². The van der Waals surface area contributed by atoms with Gasteiger partial charge < -0.3 is 4.74 Å². The van der Waals surface area contributed by atoms with Gasteiger partial charge in [0.2, 0.25) is 0 Å². The second-order valence-corrected chi connectivity index (χ2v) is 5.14. The SMILES string of the molecule is Cc1cccc([C@H]2C[C@@H]2COc2ccccc2)c1. The number of hydrogen-bond acceptors (Lipinski definition) is 1. The van der Waals surface area contributed by atoms with Gasteiger partial charge in [0, 0.05) is 5.92 Å². The van der Waals surface area contributed by atoms with Crippen LogP contribution in [0.1, 0.15) is 23.5 Å². The van der Waals surface area contributed by atoms with E-state index in [9.17, 15) is 0 Å². The highest BCUT2D eigenvalue weighted by Crippen LogP contribution is 2.47. The molecule has 0 spiro atoms. The van der Waals surface area contributed by atoms with Crippen LogP contribution in [0.5, 0.6) is 5.75 Å². The van der Waals surface area contributed by atoms with Crippen molar-refractivity contribution in [2.45, 2.75) is 19.3 Å². The molecule has 0 amide bonds. The normalized spacial score (nSPS) is 21.6. The zero-order chi connectivity index (χ0) is 12.4. The zero-order valence-electron chi connectivity index (χ0n) is 10.7. The van der Waals surface area contributed by atoms with Crippen LogP contribution >= 0.6 is 0 Å². The van der Waals surface area contributed by atoms with Gasteiger partial charge >= 0.3 is 0 Å². The number of hydrogen-bond donors (Lipinski definition) is 0. The summed E-state index contributed by atoms with van der Waals surface area (Å²) < 4.78 is 5.81. The van der Waals surface area contributed by atoms with Crippen LogP contribution < -0.4 is 4.74 Å². The summed E-state index contributed by atoms with van der Waals surface area (Å²) in [5.41, 5.74) is 2.82. The molecule has 2 atom stereocenters. The average molecular weight is 238 g/mol. The van der Waals surface area contributed by atoms with Crippen LogP contribution in [0.15, 0.2) is 54.6 Å². The summed E-state index contributed by atoms with van der Waals surface area (Å²) in [7, 11) is 0. The lowest BCUT2D eigenvalue weighted by atomic mass is 10.1. The van der Waals surface area contributed by atoms with Crippen molar-refractivity contribution in [2.75, 3.05) is 6.61 Å². The first kappa shape index (κ1) is 11.3. The third-order valence-electron chi connectivity index (χ3n) is 3.60. The fraction of sp³-hybridized carbons (Fsp3) is 0.294. The molecule has 1 aliphatic carbocycles. The van der Waals surface area contributed by atoms with Gasteiger partial charge in [-0.1, -0.05) is 48.0 Å². The first-order chi connectivity index (χ1) is 8.83. The highest BCUT2D eigenvalue weighted by molar-refractivity contribution is 5.30. The molecule has 0 bridgehead atoms. The van der Waals surface area contributed by atoms with Crippen LogP contribution in [0.25, 0.3) is 0 Å². The molecular weight excluding hydrogens is 220 g/mol. The topological polar surface area (TPSA) is 9.23 Å². The number of aryl methyl sites for hydroxylation is 1. The molecule has 3 rings (SSSR count). The third kappa shape index (κ3) is 2.56. The number of para-hydroxylation sites is 1. The number of rotatable bonds is 4. The predicted octanol–water partition coefficient (Wildman–Crippen LogP) is 4.18. The van der Waals surface area contributed by atoms with Gasteiger partial charge in [0.05, 0.1) is 6.61 Å². The summed E-state index contributed by atoms with van der Waals surface area (Å²) in [4.78, 5) is 0. The van der Waals surface area contributed by atoms with Crippen molar-refractivity contribution in [3.63, 3.8) is 0 Å². The van der Waals surface area contributed by atoms with Gasteiger partial charge in [-0.3, -0.25) is 0 Å². The van der Waals surface area contributed by atoms with Crippen LogP contribution in [0.2, 0.25) is 0 Å². The summed E-state index contributed by atoms with van der Waals surface area (Å²) in [5, 5.41) is 0. The summed E-state index contributed by atoms with van der Waals surface area (Å²) in [6, 6.07) is 18.9. The minimum absolute atomic E-state index is 0.687. The van der Waals surface area contributed by atoms with E-state index >= 15 is 0 Å². The van der Waals surface area contributed by atoms with E-state index in [1.54, 1.807) is 0 Å². The standard InChI is InChI=1S/C17H18O/c1-13-6-5-7-14(10-13)17-11-15(17)12-18-16-8-3-2-4-9-16/h2-10,15,17H,11-12H2,1H3/t15-,17-/m1/s1. The maximum atomic E-state index is 5.81. The van der Waals surface area contributed by atoms with Crippen molar-refractivity contribution in [3.05, 3.63) is 65.7 Å². The molecule has 0 radical (unpaired) electrons. The molecule has 1 saturated carbocycles. The second-order valence-electron chi connectivity index (χ2n) is 5.14. The van der Waals surface area contributed by atoms with Crippen LogP contribution in [0.3, 0.4) is 0 Å². The monoisotopic (exact) mass is 238 g/mol. The number of ether oxygens (including phenoxy) is 1. The zero-order valence-corrected chi connectivity index (χ0v) is 10.7. The van der Waals surface area contributed by atoms with Gasteiger partial charge in [-0.05, 0) is 37.0 Å². The molecule has 18 heavy (non-hydrogen) atoms. The fourth-order valence-electron chi connectivity index (χ4n) is 2.46. The molecule has 0 saturated heterocycles. The summed E-state index contributed by atoms with van der Waals surface area (Å²) in [5.74, 6) is 2.37. The third-order valence-corrected chi connectivity index (χ3v) is 3.60. The molecule has 92 valence electrons. The molecule has 0 aromatic heterocycles. The van der Waals surface area contributed by atoms with Crippen LogP contribution in [0.4, 0.5) is 0 Å². The van der Waals surface area contributed by atoms with E-state index in [4.69, 9.17) is 4.74 Å². The summed E-state index contributed by atoms with van der Waals surface area (Å²) in [6.07, 6.45) is 1.26. The van der Waals surface area contributed by atoms with Crippen LogP contribution in [-0.2, 0) is 0 Å². The lowest BCUT2D eigenvalue weighted by Gasteiger charge is -2.05. The largest absolute Gasteiger partial charge is 0.493 e. The van der Waals surface area contributed by atoms with Crippen molar-refractivity contribution >= 4 is 0 Å². The molecular formula is C17H18O. The minimum atomic E-state index is 0.687. The van der Waals surface area contributed by atoms with E-state index in [0.29, 0.717) is 11.8 Å². The highest BCUT2D eigenvalue weighted by Gasteiger charge is 2.38. The van der Waals surface area contributed by atoms with E-state index in [1.807, 2.05) is 30.3 Å². The maximum absolute atomic E-state index is 5.81. The van der Waals surface area contributed by atoms with Crippen LogP contribution in [0, 0.1) is 12.8 Å². The van der Waals surface area contributed by atoms with Crippen molar-refractivity contribution < 1.29 is 4.74 Å². The molecule has 1 nitrogen and oxygen atoms in total. The van der Waals surface area contributed by atoms with Crippen LogP contribution in [-0.4, -0.2) is 6.61 Å². The molecule has 0 aliphatic heterocycles. The first-order valence-electron chi connectivity index (χ1n) is 6.57. The Balaban J connectivity index is 1.56. The van der Waals surface area contributed by atoms with Crippen molar-refractivity contribution in [3.8, 4) is 5.75 Å². The maximum Gasteiger partial charge on any atom is 0.119 e. The molecule has 1 fully saturated rings. The molecule has 0 heterocycles. The van der Waals surface area contributed by atoms with Gasteiger partial charge in [-0.25, -0.2) is 0 Å². The van der Waals surface area contributed by atoms with Crippen molar-refractivity contribution in [1.29, 1.82) is 0 Å². The van der Waals surface area contributed by atoms with Gasteiger partial charge in [0.25, 0.3) is 0 Å². The first-order valence-corrected chi connectivity index (χ1v) is 6.57. The second kappa shape index (κ2) is 4.85. The molecule has 0 unspecified atom stereocenters. The number of benzene rings is 2. The molecule has 1 heteroatoms. The van der Waals surface area contributed by atoms with E-state index in [0.717, 1.165) is 12.4 Å². The predicted molar refractivity (Wildman–Crippen MR) is 74.0 cm³/mol. The Hall–Kier alpha value is -1.76. The smallest absolute Gasteiger partial charge is 0.119 e. The van der Waals surface area contributed by atoms with E-state index < -0.39 is 0 Å². The lowest BCUT2D eigenvalue weighted by molar-refractivity contribution is 0.297. The van der Waals surface area contributed by atoms with E-state index in [-0.39, 0.29) is 0 Å². The van der Waals surface area contributed by atoms with Gasteiger partial charge in [0.15, 0.2) is 0 Å². The van der Waals surface area contributed by atoms with Gasteiger partial charge in [-0.15, -0.1) is 0 Å². The quantitative estimate of drug-likeness (QED) is 0.776. The Kier molecular flexibility index (Phi) is 3.06. The molecule has 1 aliphatic rings. The Morgan fingerprint density at radius 3 is 2.67 bits per heavy atom. The van der Waals surface area contributed by atoms with Crippen molar-refractivity contribution in [1.82, 2.24) is 0 Å². The summed E-state index contributed by atoms with van der Waals surface area (Å²) >= 11 is 0. The average Bonchev–Trinajstić information content (AvgIpc) is 3.17. The van der Waals surface area contributed by atoms with Gasteiger partial charge in [0.1, 0.15) is 5.75 Å². The molecule has 0 N–H and O–H groups in total. The molecule has 2 aromatic carbocycles. The Labute approximate surface area is 108 Å². The highest BCUT2D eigenvalue weighted by atomic mass is 16.5. The summed E-state index contributed by atoms with van der Waals surface area (Å²) in [6.45, 7) is 2.99. The van der Waals surface area contributed by atoms with Crippen molar-refractivity contribution in [2.24, 2.45) is 5.92 Å². The fourth-order valence-corrected chi connectivity index (χ4v) is 2.46.